The van der Waals surface area contributed by atoms with Crippen LogP contribution in [0.1, 0.15) is 46.1 Å². The van der Waals surface area contributed by atoms with E-state index in [9.17, 15) is 9.59 Å². The lowest BCUT2D eigenvalue weighted by atomic mass is 9.99. The van der Waals surface area contributed by atoms with Gasteiger partial charge in [-0.1, -0.05) is 30.3 Å². The highest BCUT2D eigenvalue weighted by molar-refractivity contribution is 5.98. The Balaban J connectivity index is 2.37. The third-order valence-corrected chi connectivity index (χ3v) is 2.97. The number of esters is 1. The highest BCUT2D eigenvalue weighted by Crippen LogP contribution is 2.14. The molecule has 1 rings (SSSR count). The topological polar surface area (TPSA) is 43.4 Å². The zero-order chi connectivity index (χ0) is 15.2. The highest BCUT2D eigenvalue weighted by atomic mass is 16.6. The Labute approximate surface area is 121 Å². The van der Waals surface area contributed by atoms with Gasteiger partial charge in [-0.2, -0.15) is 0 Å². The monoisotopic (exact) mass is 276 g/mol. The van der Waals surface area contributed by atoms with Gasteiger partial charge in [0.05, 0.1) is 0 Å². The van der Waals surface area contributed by atoms with Crippen molar-refractivity contribution in [1.82, 2.24) is 0 Å². The van der Waals surface area contributed by atoms with Gasteiger partial charge >= 0.3 is 5.97 Å². The van der Waals surface area contributed by atoms with Crippen LogP contribution in [0, 0.1) is 5.92 Å². The number of rotatable bonds is 6. The standard InChI is InChI=1S/C17H24O3/c1-13(16(19)20-17(2,3)4)15(18)12-8-11-14-9-6-5-7-10-14/h5-7,9-10,13H,8,11-12H2,1-4H3. The molecule has 0 spiro atoms. The molecule has 0 aliphatic heterocycles. The van der Waals surface area contributed by atoms with Crippen molar-refractivity contribution in [2.45, 2.75) is 52.6 Å². The molecule has 0 heterocycles. The van der Waals surface area contributed by atoms with Gasteiger partial charge in [0, 0.05) is 6.42 Å². The maximum atomic E-state index is 12.0. The molecule has 3 heteroatoms. The molecule has 0 aliphatic carbocycles. The number of carbonyl (C=O) groups is 2. The molecule has 0 saturated carbocycles. The molecule has 1 aromatic rings. The maximum Gasteiger partial charge on any atom is 0.316 e. The number of aryl methyl sites for hydroxylation is 1. The predicted molar refractivity (Wildman–Crippen MR) is 79.4 cm³/mol. The number of benzene rings is 1. The first-order valence-electron chi connectivity index (χ1n) is 7.09. The van der Waals surface area contributed by atoms with Gasteiger partial charge < -0.3 is 4.74 Å². The largest absolute Gasteiger partial charge is 0.459 e. The zero-order valence-electron chi connectivity index (χ0n) is 12.8. The van der Waals surface area contributed by atoms with Gasteiger partial charge in [0.15, 0.2) is 0 Å². The average molecular weight is 276 g/mol. The lowest BCUT2D eigenvalue weighted by Crippen LogP contribution is -2.31. The van der Waals surface area contributed by atoms with Crippen LogP contribution in [0.2, 0.25) is 0 Å². The second-order valence-electron chi connectivity index (χ2n) is 6.06. The van der Waals surface area contributed by atoms with Gasteiger partial charge in [0.1, 0.15) is 17.3 Å². The van der Waals surface area contributed by atoms with Crippen molar-refractivity contribution in [3.05, 3.63) is 35.9 Å². The fourth-order valence-electron chi connectivity index (χ4n) is 1.85. The minimum atomic E-state index is -0.676. The van der Waals surface area contributed by atoms with Crippen molar-refractivity contribution < 1.29 is 14.3 Å². The third-order valence-electron chi connectivity index (χ3n) is 2.97. The quantitative estimate of drug-likeness (QED) is 0.589. The molecule has 0 aromatic heterocycles. The van der Waals surface area contributed by atoms with E-state index in [-0.39, 0.29) is 5.78 Å². The molecule has 0 radical (unpaired) electrons. The van der Waals surface area contributed by atoms with E-state index in [0.717, 1.165) is 12.8 Å². The average Bonchev–Trinajstić information content (AvgIpc) is 2.37. The number of ketones is 1. The van der Waals surface area contributed by atoms with Gasteiger partial charge in [-0.05, 0) is 46.1 Å². The van der Waals surface area contributed by atoms with E-state index in [1.165, 1.54) is 5.56 Å². The molecule has 0 saturated heterocycles. The van der Waals surface area contributed by atoms with Gasteiger partial charge in [0.2, 0.25) is 0 Å². The Kier molecular flexibility index (Phi) is 5.93. The molecule has 110 valence electrons. The number of hydrogen-bond donors (Lipinski definition) is 0. The molecular formula is C17H24O3. The molecule has 1 unspecified atom stereocenters. The van der Waals surface area contributed by atoms with Crippen LogP contribution in [0.3, 0.4) is 0 Å². The fraction of sp³-hybridized carbons (Fsp3) is 0.529. The molecule has 3 nitrogen and oxygen atoms in total. The summed E-state index contributed by atoms with van der Waals surface area (Å²) in [6.07, 6.45) is 2.03. The predicted octanol–water partition coefficient (Wildman–Crippen LogP) is 3.56. The van der Waals surface area contributed by atoms with Crippen LogP contribution in [0.4, 0.5) is 0 Å². The van der Waals surface area contributed by atoms with Gasteiger partial charge in [-0.15, -0.1) is 0 Å². The summed E-state index contributed by atoms with van der Waals surface area (Å²) in [5.41, 5.74) is 0.667. The number of Topliss-reactive ketones (excluding diaryl/α,β-unsaturated/α-hetero) is 1. The van der Waals surface area contributed by atoms with E-state index in [2.05, 4.69) is 0 Å². The minimum Gasteiger partial charge on any atom is -0.459 e. The van der Waals surface area contributed by atoms with E-state index in [0.29, 0.717) is 6.42 Å². The summed E-state index contributed by atoms with van der Waals surface area (Å²) in [7, 11) is 0. The summed E-state index contributed by atoms with van der Waals surface area (Å²) in [5, 5.41) is 0. The summed E-state index contributed by atoms with van der Waals surface area (Å²) < 4.78 is 5.23. The number of carbonyl (C=O) groups excluding carboxylic acids is 2. The van der Waals surface area contributed by atoms with E-state index < -0.39 is 17.5 Å². The van der Waals surface area contributed by atoms with E-state index in [1.54, 1.807) is 27.7 Å². The van der Waals surface area contributed by atoms with Crippen molar-refractivity contribution in [1.29, 1.82) is 0 Å². The Morgan fingerprint density at radius 3 is 2.30 bits per heavy atom. The Morgan fingerprint density at radius 2 is 1.75 bits per heavy atom. The first-order valence-corrected chi connectivity index (χ1v) is 7.09. The van der Waals surface area contributed by atoms with Crippen molar-refractivity contribution in [3.63, 3.8) is 0 Å². The van der Waals surface area contributed by atoms with Crippen LogP contribution in [0.5, 0.6) is 0 Å². The number of ether oxygens (including phenoxy) is 1. The lowest BCUT2D eigenvalue weighted by Gasteiger charge is -2.21. The van der Waals surface area contributed by atoms with Crippen molar-refractivity contribution in [2.75, 3.05) is 0 Å². The molecule has 20 heavy (non-hydrogen) atoms. The maximum absolute atomic E-state index is 12.0. The van der Waals surface area contributed by atoms with E-state index >= 15 is 0 Å². The summed E-state index contributed by atoms with van der Waals surface area (Å²) in [5.74, 6) is -1.15. The van der Waals surface area contributed by atoms with Crippen molar-refractivity contribution in [3.8, 4) is 0 Å². The van der Waals surface area contributed by atoms with Crippen molar-refractivity contribution in [2.24, 2.45) is 5.92 Å². The molecule has 0 N–H and O–H groups in total. The van der Waals surface area contributed by atoms with Crippen LogP contribution in [-0.4, -0.2) is 17.4 Å². The molecule has 0 fully saturated rings. The number of hydrogen-bond acceptors (Lipinski definition) is 3. The van der Waals surface area contributed by atoms with Crippen LogP contribution in [0.15, 0.2) is 30.3 Å². The van der Waals surface area contributed by atoms with E-state index in [1.807, 2.05) is 30.3 Å². The Hall–Kier alpha value is -1.64. The van der Waals surface area contributed by atoms with Crippen molar-refractivity contribution >= 4 is 11.8 Å². The van der Waals surface area contributed by atoms with Crippen LogP contribution in [-0.2, 0) is 20.7 Å². The molecule has 1 atom stereocenters. The van der Waals surface area contributed by atoms with Crippen LogP contribution in [0.25, 0.3) is 0 Å². The lowest BCUT2D eigenvalue weighted by molar-refractivity contribution is -0.161. The first-order chi connectivity index (χ1) is 9.29. The summed E-state index contributed by atoms with van der Waals surface area (Å²) in [4.78, 5) is 23.7. The normalized spacial score (nSPS) is 12.8. The second-order valence-corrected chi connectivity index (χ2v) is 6.06. The molecule has 1 aromatic carbocycles. The molecule has 0 bridgehead atoms. The first kappa shape index (κ1) is 16.4. The zero-order valence-corrected chi connectivity index (χ0v) is 12.8. The van der Waals surface area contributed by atoms with Crippen LogP contribution >= 0.6 is 0 Å². The van der Waals surface area contributed by atoms with Gasteiger partial charge in [-0.3, -0.25) is 9.59 Å². The summed E-state index contributed by atoms with van der Waals surface area (Å²) in [6.45, 7) is 7.03. The van der Waals surface area contributed by atoms with E-state index in [4.69, 9.17) is 4.74 Å². The smallest absolute Gasteiger partial charge is 0.316 e. The molecule has 0 amide bonds. The minimum absolute atomic E-state index is 0.0461. The van der Waals surface area contributed by atoms with Crippen LogP contribution < -0.4 is 0 Å². The Morgan fingerprint density at radius 1 is 1.15 bits per heavy atom. The second kappa shape index (κ2) is 7.22. The highest BCUT2D eigenvalue weighted by Gasteiger charge is 2.26. The fourth-order valence-corrected chi connectivity index (χ4v) is 1.85. The third kappa shape index (κ3) is 6.00. The molecule has 0 aliphatic rings. The SMILES string of the molecule is CC(C(=O)CCCc1ccccc1)C(=O)OC(C)(C)C. The molecular weight excluding hydrogens is 252 g/mol. The summed E-state index contributed by atoms with van der Waals surface area (Å²) in [6, 6.07) is 10.0. The summed E-state index contributed by atoms with van der Waals surface area (Å²) >= 11 is 0. The van der Waals surface area contributed by atoms with Gasteiger partial charge in [-0.25, -0.2) is 0 Å². The van der Waals surface area contributed by atoms with Gasteiger partial charge in [0.25, 0.3) is 0 Å². The Bertz CT molecular complexity index is 443.